The largest absolute Gasteiger partial charge is 0.693 e. The molecule has 0 atom stereocenters. The zero-order valence-corrected chi connectivity index (χ0v) is 45.3. The van der Waals surface area contributed by atoms with E-state index in [-0.39, 0.29) is 35.6 Å². The number of carboxylic acid groups (broad SMARTS) is 2. The maximum absolute atomic E-state index is 10.0. The first-order valence-corrected chi connectivity index (χ1v) is 24.4. The van der Waals surface area contributed by atoms with Crippen LogP contribution >= 0.6 is 18.8 Å². The Morgan fingerprint density at radius 3 is 1.14 bits per heavy atom. The number of amides is 2. The number of hydrogen-bond donors (Lipinski definition) is 4. The number of aliphatic imine (C=N–C) groups is 1. The minimum Gasteiger partial charge on any atom is -0.693 e. The number of alkyl halides is 1. The van der Waals surface area contributed by atoms with Crippen molar-refractivity contribution in [2.45, 2.75) is 0 Å². The fourth-order valence-corrected chi connectivity index (χ4v) is 5.21. The number of anilines is 2. The van der Waals surface area contributed by atoms with Crippen LogP contribution in [0.2, 0.25) is 0 Å². The first-order chi connectivity index (χ1) is 34.8. The number of pyridine rings is 5. The molecule has 0 spiro atoms. The Morgan fingerprint density at radius 1 is 0.558 bits per heavy atom. The zero-order chi connectivity index (χ0) is 53.9. The Morgan fingerprint density at radius 2 is 0.857 bits per heavy atom. The summed E-state index contributed by atoms with van der Waals surface area (Å²) in [5, 5.41) is 57.7. The molecule has 0 aliphatic rings. The van der Waals surface area contributed by atoms with Crippen LogP contribution in [-0.4, -0.2) is 81.7 Å². The van der Waals surface area contributed by atoms with Gasteiger partial charge in [0, 0.05) is 52.5 Å². The van der Waals surface area contributed by atoms with Gasteiger partial charge in [-0.1, -0.05) is 84.9 Å². The van der Waals surface area contributed by atoms with Gasteiger partial charge in [-0.25, -0.2) is 14.4 Å². The number of halogens is 3. The van der Waals surface area contributed by atoms with Crippen LogP contribution in [0.15, 0.2) is 188 Å². The molecule has 424 valence electrons. The van der Waals surface area contributed by atoms with E-state index in [0.29, 0.717) is 17.1 Å². The number of nitrogens with one attached hydrogen (secondary N) is 2. The monoisotopic (exact) mass is 1470 g/mol. The molecule has 0 bridgehead atoms. The molecule has 5 aromatic heterocycles. The SMILES string of the molecule is O.O.O=C(O)Nc1cccnc1.O=C(O)Nc1cccnc1.O=C=Nc1cccnc1.O=[N+]([O-])[O-].O=[N+]([O-])[O-].[2H]CF.[Cl][Pt].[Cl][Pt].[NH2-].[NH2-].[NH2-].[NH2-].c1ccc2c(c1)cnc1ccccc12.c1ccc2c(c1)cnc1ccccc12. The Balaban J connectivity index is -0.000000150. The number of aromatic nitrogens is 5. The van der Waals surface area contributed by atoms with Gasteiger partial charge < -0.3 is 76.4 Å². The molecular weight excluding hydrogens is 1420 g/mol. The molecule has 9 rings (SSSR count). The van der Waals surface area contributed by atoms with Crippen LogP contribution in [0.1, 0.15) is 1.37 Å². The van der Waals surface area contributed by atoms with Crippen LogP contribution in [-0.2, 0) is 42.3 Å². The Bertz CT molecular complexity index is 2730. The molecule has 0 fully saturated rings. The summed E-state index contributed by atoms with van der Waals surface area (Å²) < 4.78 is 15.5. The fourth-order valence-electron chi connectivity index (χ4n) is 5.21. The van der Waals surface area contributed by atoms with E-state index in [1.807, 2.05) is 48.8 Å². The van der Waals surface area contributed by atoms with Gasteiger partial charge in [0.25, 0.3) is 0 Å². The fraction of sp³-hybridized carbons (Fsp3) is 0.0222. The number of isocyanates is 1. The zero-order valence-electron chi connectivity index (χ0n) is 40.2. The van der Waals surface area contributed by atoms with Gasteiger partial charge >= 0.3 is 68.6 Å². The Kier molecular flexibility index (Phi) is 54.6. The molecule has 77 heavy (non-hydrogen) atoms. The number of rotatable bonds is 3. The van der Waals surface area contributed by atoms with Gasteiger partial charge in [0.1, 0.15) is 0 Å². The standard InChI is InChI=1S/2C13H9N.2C6H6N2O2.C6H4N2O.CH3F.2ClH.2NO3.4H2N.2H2O.2Pt/c2*1-2-6-11-10(5-1)9-14-13-8-4-3-7-12(11)13;2*9-6(10)8-5-2-1-3-7-4-5;9-5-8-6-2-1-3-7-4-6;1-2;;;2*2-1(3)4;;;;;;;;/h2*1-9H;2*1-4,8H,(H,9,10);1-4H;1H3;2*1H;;;6*1H2;;/q;;;;;;;;6*-1;;;2*+1/p-2/i;;;;;1D;;;;;;;;;;;;. The van der Waals surface area contributed by atoms with Crippen LogP contribution in [0, 0.1) is 30.6 Å². The average Bonchev–Trinajstić information content (AvgIpc) is 3.39. The van der Waals surface area contributed by atoms with E-state index in [1.54, 1.807) is 92.5 Å². The van der Waals surface area contributed by atoms with Crippen molar-refractivity contribution in [1.29, 1.82) is 0 Å². The van der Waals surface area contributed by atoms with E-state index in [0.717, 1.165) is 11.0 Å². The molecule has 0 saturated carbocycles. The molecule has 32 heteroatoms. The number of hydrogen-bond acceptors (Lipinski definition) is 15. The second-order valence-electron chi connectivity index (χ2n) is 11.9. The summed E-state index contributed by atoms with van der Waals surface area (Å²) in [4.78, 5) is 69.5. The number of nitrogens with two attached hydrogens (primary N) is 4. The first kappa shape index (κ1) is 80.0. The molecule has 2 amide bonds. The predicted octanol–water partition coefficient (Wildman–Crippen LogP) is 12.9. The second-order valence-corrected chi connectivity index (χ2v) is 11.9. The van der Waals surface area contributed by atoms with Crippen molar-refractivity contribution in [2.75, 3.05) is 17.8 Å². The van der Waals surface area contributed by atoms with Crippen molar-refractivity contribution in [1.82, 2.24) is 24.9 Å². The molecule has 16 N–H and O–H groups in total. The van der Waals surface area contributed by atoms with E-state index in [1.165, 1.54) is 57.0 Å². The van der Waals surface area contributed by atoms with Gasteiger partial charge in [-0.05, 0) is 59.3 Å². The predicted molar refractivity (Wildman–Crippen MR) is 290 cm³/mol. The van der Waals surface area contributed by atoms with E-state index in [4.69, 9.17) is 42.2 Å². The van der Waals surface area contributed by atoms with E-state index >= 15 is 0 Å². The number of para-hydroxylation sites is 2. The van der Waals surface area contributed by atoms with Crippen LogP contribution in [0.25, 0.3) is 68.0 Å². The smallest absolute Gasteiger partial charge is 0.0708 e. The summed E-state index contributed by atoms with van der Waals surface area (Å²) >= 11 is 3.22. The second kappa shape index (κ2) is 52.5. The van der Waals surface area contributed by atoms with Gasteiger partial charge in [0.15, 0.2) is 0 Å². The maximum atomic E-state index is 10.0. The molecule has 0 unspecified atom stereocenters. The van der Waals surface area contributed by atoms with Gasteiger partial charge in [0.2, 0.25) is 6.08 Å². The molecule has 9 aromatic rings. The van der Waals surface area contributed by atoms with E-state index < -0.39 is 29.5 Å². The molecule has 0 radical (unpaired) electrons. The Labute approximate surface area is 469 Å². The van der Waals surface area contributed by atoms with Crippen molar-refractivity contribution < 1.29 is 89.0 Å². The third kappa shape index (κ3) is 37.1. The van der Waals surface area contributed by atoms with Crippen molar-refractivity contribution in [3.63, 3.8) is 0 Å². The molecular formula is C45H49Cl2FN14O13Pt2-6. The molecule has 0 aliphatic heterocycles. The quantitative estimate of drug-likeness (QED) is 0.0420. The minimum atomic E-state index is -1.75. The topological polar surface area (TPSA) is 522 Å². The van der Waals surface area contributed by atoms with Crippen molar-refractivity contribution >= 4 is 97.5 Å². The maximum Gasteiger partial charge on any atom is 0.0708 e. The summed E-state index contributed by atoms with van der Waals surface area (Å²) in [6, 6.07) is 43.1. The summed E-state index contributed by atoms with van der Waals surface area (Å²) in [6.07, 6.45) is 12.3. The van der Waals surface area contributed by atoms with Gasteiger partial charge in [0.05, 0.1) is 65.4 Å². The third-order valence-corrected chi connectivity index (χ3v) is 7.64. The van der Waals surface area contributed by atoms with Crippen molar-refractivity contribution in [3.8, 4) is 0 Å². The van der Waals surface area contributed by atoms with Crippen LogP contribution in [0.5, 0.6) is 0 Å². The third-order valence-electron chi connectivity index (χ3n) is 7.64. The molecule has 0 aliphatic carbocycles. The summed E-state index contributed by atoms with van der Waals surface area (Å²) in [5.74, 6) is 0. The first-order valence-electron chi connectivity index (χ1n) is 19.4. The number of carbonyl (C=O) groups excluding carboxylic acids is 1. The van der Waals surface area contributed by atoms with Crippen LogP contribution in [0.4, 0.5) is 31.0 Å². The summed E-state index contributed by atoms with van der Waals surface area (Å²) in [5.41, 5.74) is 3.62. The molecule has 4 aromatic carbocycles. The summed E-state index contributed by atoms with van der Waals surface area (Å²) in [6.45, 7) is 0. The van der Waals surface area contributed by atoms with Crippen molar-refractivity contribution in [3.05, 3.63) is 238 Å². The van der Waals surface area contributed by atoms with Crippen LogP contribution in [0.3, 0.4) is 0 Å². The number of benzene rings is 4. The van der Waals surface area contributed by atoms with E-state index in [9.17, 15) is 18.8 Å². The van der Waals surface area contributed by atoms with Crippen molar-refractivity contribution in [2.24, 2.45) is 4.99 Å². The van der Waals surface area contributed by atoms with E-state index in [2.05, 4.69) is 120 Å². The average molecular weight is 1480 g/mol. The molecule has 5 heterocycles. The normalized spacial score (nSPS) is 8.22. The van der Waals surface area contributed by atoms with Gasteiger partial charge in [-0.3, -0.25) is 39.9 Å². The van der Waals surface area contributed by atoms with Crippen LogP contribution < -0.4 is 10.6 Å². The number of fused-ring (bicyclic) bond motifs is 6. The minimum absolute atomic E-state index is 0. The Hall–Kier alpha value is -8.36. The van der Waals surface area contributed by atoms with Gasteiger partial charge in [-0.15, -0.1) is 0 Å². The molecule has 27 nitrogen and oxygen atoms in total. The molecule has 0 saturated heterocycles. The number of nitrogens with zero attached hydrogens (tertiary/aromatic N) is 8. The van der Waals surface area contributed by atoms with Gasteiger partial charge in [-0.2, -0.15) is 4.99 Å². The summed E-state index contributed by atoms with van der Waals surface area (Å²) in [7, 11) is 8.22. The number of carbonyl (C=O) groups is 2.